The zero-order valence-electron chi connectivity index (χ0n) is 9.78. The van der Waals surface area contributed by atoms with Gasteiger partial charge in [0.25, 0.3) is 0 Å². The molecule has 1 aliphatic rings. The van der Waals surface area contributed by atoms with Gasteiger partial charge < -0.3 is 10.0 Å². The standard InChI is InChI=1S/C11H19NO3/c1-7-5-6-8(9(13)14)12(7)10(15)11(2,3)4/h7-8H,5-6H2,1-4H3,(H,13,14)/t7-,8+/m1/s1. The topological polar surface area (TPSA) is 57.6 Å². The van der Waals surface area contributed by atoms with Crippen LogP contribution < -0.4 is 0 Å². The molecule has 1 heterocycles. The second-order valence-corrected chi connectivity index (χ2v) is 5.24. The molecule has 86 valence electrons. The summed E-state index contributed by atoms with van der Waals surface area (Å²) in [6.07, 6.45) is 1.34. The lowest BCUT2D eigenvalue weighted by Crippen LogP contribution is -2.48. The van der Waals surface area contributed by atoms with Gasteiger partial charge >= 0.3 is 5.97 Å². The van der Waals surface area contributed by atoms with E-state index in [4.69, 9.17) is 5.11 Å². The number of carbonyl (C=O) groups excluding carboxylic acids is 1. The molecule has 15 heavy (non-hydrogen) atoms. The van der Waals surface area contributed by atoms with Crippen LogP contribution in [-0.2, 0) is 9.59 Å². The summed E-state index contributed by atoms with van der Waals surface area (Å²) < 4.78 is 0. The van der Waals surface area contributed by atoms with Gasteiger partial charge in [0, 0.05) is 11.5 Å². The molecule has 0 aromatic carbocycles. The SMILES string of the molecule is C[C@@H]1CC[C@@H](C(=O)O)N1C(=O)C(C)(C)C. The Labute approximate surface area is 90.3 Å². The van der Waals surface area contributed by atoms with Crippen LogP contribution in [0.2, 0.25) is 0 Å². The van der Waals surface area contributed by atoms with E-state index in [1.807, 2.05) is 27.7 Å². The summed E-state index contributed by atoms with van der Waals surface area (Å²) in [4.78, 5) is 24.6. The number of hydrogen-bond donors (Lipinski definition) is 1. The molecule has 1 amide bonds. The molecule has 0 aliphatic carbocycles. The van der Waals surface area contributed by atoms with Gasteiger partial charge in [-0.3, -0.25) is 4.79 Å². The first-order valence-corrected chi connectivity index (χ1v) is 5.30. The quantitative estimate of drug-likeness (QED) is 0.718. The van der Waals surface area contributed by atoms with E-state index in [0.717, 1.165) is 6.42 Å². The fourth-order valence-electron chi connectivity index (χ4n) is 1.96. The van der Waals surface area contributed by atoms with Crippen molar-refractivity contribution in [2.45, 2.75) is 52.6 Å². The number of carboxylic acids is 1. The molecule has 4 nitrogen and oxygen atoms in total. The number of amides is 1. The summed E-state index contributed by atoms with van der Waals surface area (Å²) in [5.74, 6) is -0.961. The largest absolute Gasteiger partial charge is 0.480 e. The first kappa shape index (κ1) is 12.0. The van der Waals surface area contributed by atoms with Gasteiger partial charge in [-0.05, 0) is 19.8 Å². The number of hydrogen-bond acceptors (Lipinski definition) is 2. The average Bonchev–Trinajstić information content (AvgIpc) is 2.44. The van der Waals surface area contributed by atoms with Crippen molar-refractivity contribution >= 4 is 11.9 Å². The lowest BCUT2D eigenvalue weighted by Gasteiger charge is -2.32. The van der Waals surface area contributed by atoms with Crippen LogP contribution in [0.4, 0.5) is 0 Å². The Morgan fingerprint density at radius 2 is 1.80 bits per heavy atom. The van der Waals surface area contributed by atoms with Gasteiger partial charge in [-0.2, -0.15) is 0 Å². The highest BCUT2D eigenvalue weighted by Crippen LogP contribution is 2.29. The minimum absolute atomic E-state index is 0.0397. The van der Waals surface area contributed by atoms with Crippen LogP contribution in [0.25, 0.3) is 0 Å². The maximum absolute atomic E-state index is 12.1. The van der Waals surface area contributed by atoms with E-state index in [1.165, 1.54) is 4.90 Å². The Bertz CT molecular complexity index is 280. The van der Waals surface area contributed by atoms with E-state index in [9.17, 15) is 9.59 Å². The van der Waals surface area contributed by atoms with Gasteiger partial charge in [0.1, 0.15) is 6.04 Å². The summed E-state index contributed by atoms with van der Waals surface area (Å²) >= 11 is 0. The van der Waals surface area contributed by atoms with E-state index in [1.54, 1.807) is 0 Å². The van der Waals surface area contributed by atoms with Gasteiger partial charge in [-0.25, -0.2) is 4.79 Å². The van der Waals surface area contributed by atoms with Crippen LogP contribution in [-0.4, -0.2) is 34.0 Å². The summed E-state index contributed by atoms with van der Waals surface area (Å²) in [7, 11) is 0. The normalized spacial score (nSPS) is 26.8. The number of carbonyl (C=O) groups is 2. The van der Waals surface area contributed by atoms with Gasteiger partial charge in [0.2, 0.25) is 5.91 Å². The maximum Gasteiger partial charge on any atom is 0.326 e. The fraction of sp³-hybridized carbons (Fsp3) is 0.818. The highest BCUT2D eigenvalue weighted by Gasteiger charge is 2.42. The Balaban J connectivity index is 2.90. The zero-order valence-corrected chi connectivity index (χ0v) is 9.78. The molecule has 0 saturated carbocycles. The van der Waals surface area contributed by atoms with Crippen molar-refractivity contribution in [2.75, 3.05) is 0 Å². The molecule has 1 saturated heterocycles. The van der Waals surface area contributed by atoms with Crippen molar-refractivity contribution in [2.24, 2.45) is 5.41 Å². The number of aliphatic carboxylic acids is 1. The summed E-state index contributed by atoms with van der Waals surface area (Å²) in [6, 6.07) is -0.593. The Morgan fingerprint density at radius 1 is 1.27 bits per heavy atom. The molecule has 0 radical (unpaired) electrons. The molecule has 1 fully saturated rings. The predicted molar refractivity (Wildman–Crippen MR) is 56.4 cm³/mol. The van der Waals surface area contributed by atoms with Crippen LogP contribution >= 0.6 is 0 Å². The minimum atomic E-state index is -0.892. The van der Waals surface area contributed by atoms with Crippen LogP contribution in [0.3, 0.4) is 0 Å². The molecule has 1 N–H and O–H groups in total. The number of nitrogens with zero attached hydrogens (tertiary/aromatic N) is 1. The Kier molecular flexibility index (Phi) is 3.07. The highest BCUT2D eigenvalue weighted by atomic mass is 16.4. The summed E-state index contributed by atoms with van der Waals surface area (Å²) in [5.41, 5.74) is -0.508. The zero-order chi connectivity index (χ0) is 11.8. The van der Waals surface area contributed by atoms with Crippen molar-refractivity contribution in [3.05, 3.63) is 0 Å². The molecule has 4 heteroatoms. The summed E-state index contributed by atoms with van der Waals surface area (Å²) in [5, 5.41) is 9.02. The van der Waals surface area contributed by atoms with Gasteiger partial charge in [-0.1, -0.05) is 20.8 Å². The number of carboxylic acid groups (broad SMARTS) is 1. The van der Waals surface area contributed by atoms with Crippen LogP contribution in [0.1, 0.15) is 40.5 Å². The van der Waals surface area contributed by atoms with Crippen molar-refractivity contribution in [3.63, 3.8) is 0 Å². The van der Waals surface area contributed by atoms with Gasteiger partial charge in [0.05, 0.1) is 0 Å². The van der Waals surface area contributed by atoms with Crippen LogP contribution in [0, 0.1) is 5.41 Å². The van der Waals surface area contributed by atoms with Gasteiger partial charge in [0.15, 0.2) is 0 Å². The maximum atomic E-state index is 12.1. The minimum Gasteiger partial charge on any atom is -0.480 e. The number of likely N-dealkylation sites (tertiary alicyclic amines) is 1. The van der Waals surface area contributed by atoms with Crippen molar-refractivity contribution < 1.29 is 14.7 Å². The first-order chi connectivity index (χ1) is 6.75. The second kappa shape index (κ2) is 3.83. The molecule has 0 spiro atoms. The Morgan fingerprint density at radius 3 is 2.20 bits per heavy atom. The Hall–Kier alpha value is -1.06. The van der Waals surface area contributed by atoms with Crippen LogP contribution in [0.15, 0.2) is 0 Å². The molecular weight excluding hydrogens is 194 g/mol. The smallest absolute Gasteiger partial charge is 0.326 e. The monoisotopic (exact) mass is 213 g/mol. The van der Waals surface area contributed by atoms with E-state index in [2.05, 4.69) is 0 Å². The molecular formula is C11H19NO3. The fourth-order valence-corrected chi connectivity index (χ4v) is 1.96. The third kappa shape index (κ3) is 2.30. The van der Waals surface area contributed by atoms with Crippen molar-refractivity contribution in [3.8, 4) is 0 Å². The van der Waals surface area contributed by atoms with Crippen molar-refractivity contribution in [1.29, 1.82) is 0 Å². The van der Waals surface area contributed by atoms with Crippen molar-refractivity contribution in [1.82, 2.24) is 4.90 Å². The molecule has 0 bridgehead atoms. The molecule has 1 aliphatic heterocycles. The van der Waals surface area contributed by atoms with Gasteiger partial charge in [-0.15, -0.1) is 0 Å². The lowest BCUT2D eigenvalue weighted by atomic mass is 9.94. The summed E-state index contributed by atoms with van der Waals surface area (Å²) in [6.45, 7) is 7.37. The second-order valence-electron chi connectivity index (χ2n) is 5.24. The third-order valence-electron chi connectivity index (χ3n) is 2.83. The molecule has 2 atom stereocenters. The molecule has 0 aromatic heterocycles. The van der Waals surface area contributed by atoms with E-state index < -0.39 is 17.4 Å². The van der Waals surface area contributed by atoms with Crippen LogP contribution in [0.5, 0.6) is 0 Å². The number of rotatable bonds is 1. The third-order valence-corrected chi connectivity index (χ3v) is 2.83. The molecule has 0 unspecified atom stereocenters. The lowest BCUT2D eigenvalue weighted by molar-refractivity contribution is -0.153. The molecule has 0 aromatic rings. The predicted octanol–water partition coefficient (Wildman–Crippen LogP) is 1.50. The molecule has 1 rings (SSSR count). The van der Waals surface area contributed by atoms with E-state index in [-0.39, 0.29) is 11.9 Å². The van der Waals surface area contributed by atoms with E-state index in [0.29, 0.717) is 6.42 Å². The highest BCUT2D eigenvalue weighted by molar-refractivity contribution is 5.87. The average molecular weight is 213 g/mol. The van der Waals surface area contributed by atoms with E-state index >= 15 is 0 Å². The first-order valence-electron chi connectivity index (χ1n) is 5.30.